The molecule has 3 aromatic carbocycles. The van der Waals surface area contributed by atoms with Gasteiger partial charge in [0.15, 0.2) is 6.61 Å². The lowest BCUT2D eigenvalue weighted by Gasteiger charge is -2.26. The van der Waals surface area contributed by atoms with Gasteiger partial charge in [-0.2, -0.15) is 0 Å². The van der Waals surface area contributed by atoms with Crippen LogP contribution >= 0.6 is 0 Å². The zero-order valence-corrected chi connectivity index (χ0v) is 16.1. The summed E-state index contributed by atoms with van der Waals surface area (Å²) in [6.45, 7) is 2.01. The van der Waals surface area contributed by atoms with E-state index in [4.69, 9.17) is 14.6 Å². The first-order valence-corrected chi connectivity index (χ1v) is 9.57. The molecule has 0 saturated carbocycles. The number of benzene rings is 3. The van der Waals surface area contributed by atoms with Crippen LogP contribution in [0.3, 0.4) is 0 Å². The van der Waals surface area contributed by atoms with E-state index in [0.29, 0.717) is 43.2 Å². The normalized spacial score (nSPS) is 14.0. The van der Waals surface area contributed by atoms with Crippen LogP contribution in [0.15, 0.2) is 54.6 Å². The summed E-state index contributed by atoms with van der Waals surface area (Å²) in [6.07, 6.45) is 0. The van der Waals surface area contributed by atoms with Crippen LogP contribution in [-0.4, -0.2) is 54.8 Å². The van der Waals surface area contributed by atoms with E-state index >= 15 is 0 Å². The SMILES string of the molecule is O=C(O)c1ccc(-c2cc(OCC(=O)N3CCOCC3)cc3ccccc23)cc1F. The molecule has 3 aromatic rings. The number of fused-ring (bicyclic) bond motifs is 1. The van der Waals surface area contributed by atoms with Gasteiger partial charge in [-0.15, -0.1) is 0 Å². The van der Waals surface area contributed by atoms with Crippen molar-refractivity contribution in [3.8, 4) is 16.9 Å². The summed E-state index contributed by atoms with van der Waals surface area (Å²) in [5, 5.41) is 10.8. The molecule has 7 heteroatoms. The first kappa shape index (κ1) is 19.8. The highest BCUT2D eigenvalue weighted by molar-refractivity contribution is 5.98. The second kappa shape index (κ2) is 8.51. The maximum absolute atomic E-state index is 14.3. The van der Waals surface area contributed by atoms with Crippen molar-refractivity contribution in [3.05, 3.63) is 66.0 Å². The van der Waals surface area contributed by atoms with Crippen LogP contribution in [-0.2, 0) is 9.53 Å². The van der Waals surface area contributed by atoms with Crippen molar-refractivity contribution < 1.29 is 28.6 Å². The van der Waals surface area contributed by atoms with Crippen molar-refractivity contribution in [3.63, 3.8) is 0 Å². The Morgan fingerprint density at radius 3 is 2.57 bits per heavy atom. The summed E-state index contributed by atoms with van der Waals surface area (Å²) in [5.41, 5.74) is 0.836. The number of ether oxygens (including phenoxy) is 2. The molecular weight excluding hydrogens is 389 g/mol. The Bertz CT molecular complexity index is 1110. The lowest BCUT2D eigenvalue weighted by atomic mass is 9.97. The molecule has 0 radical (unpaired) electrons. The quantitative estimate of drug-likeness (QED) is 0.697. The Kier molecular flexibility index (Phi) is 5.63. The molecule has 1 aliphatic heterocycles. The summed E-state index contributed by atoms with van der Waals surface area (Å²) in [6, 6.07) is 15.1. The van der Waals surface area contributed by atoms with Crippen molar-refractivity contribution >= 4 is 22.6 Å². The number of hydrogen-bond acceptors (Lipinski definition) is 4. The fourth-order valence-corrected chi connectivity index (χ4v) is 3.51. The first-order chi connectivity index (χ1) is 14.5. The maximum atomic E-state index is 14.3. The Morgan fingerprint density at radius 2 is 1.83 bits per heavy atom. The molecule has 0 atom stereocenters. The predicted molar refractivity (Wildman–Crippen MR) is 109 cm³/mol. The third kappa shape index (κ3) is 4.11. The number of carbonyl (C=O) groups excluding carboxylic acids is 1. The third-order valence-electron chi connectivity index (χ3n) is 5.07. The minimum absolute atomic E-state index is 0.107. The summed E-state index contributed by atoms with van der Waals surface area (Å²) in [5.74, 6) is -1.77. The Balaban J connectivity index is 1.65. The van der Waals surface area contributed by atoms with Crippen LogP contribution in [0, 0.1) is 5.82 Å². The standard InChI is InChI=1S/C23H20FNO5/c24-21-12-16(5-6-19(21)23(27)28)20-13-17(11-15-3-1-2-4-18(15)20)30-14-22(26)25-7-9-29-10-8-25/h1-6,11-13H,7-10,14H2,(H,27,28). The van der Waals surface area contributed by atoms with Gasteiger partial charge >= 0.3 is 5.97 Å². The fraction of sp³-hybridized carbons (Fsp3) is 0.217. The molecule has 1 amide bonds. The largest absolute Gasteiger partial charge is 0.484 e. The van der Waals surface area contributed by atoms with E-state index in [1.54, 1.807) is 17.0 Å². The van der Waals surface area contributed by atoms with Gasteiger partial charge in [0.25, 0.3) is 5.91 Å². The molecule has 1 fully saturated rings. The Hall–Kier alpha value is -3.45. The highest BCUT2D eigenvalue weighted by Gasteiger charge is 2.18. The molecule has 0 aliphatic carbocycles. The molecule has 30 heavy (non-hydrogen) atoms. The van der Waals surface area contributed by atoms with E-state index in [-0.39, 0.29) is 18.1 Å². The number of hydrogen-bond donors (Lipinski definition) is 1. The van der Waals surface area contributed by atoms with E-state index in [9.17, 15) is 14.0 Å². The average Bonchev–Trinajstić information content (AvgIpc) is 2.77. The van der Waals surface area contributed by atoms with Crippen molar-refractivity contribution in [2.45, 2.75) is 0 Å². The van der Waals surface area contributed by atoms with E-state index in [1.165, 1.54) is 12.1 Å². The minimum atomic E-state index is -1.32. The van der Waals surface area contributed by atoms with E-state index < -0.39 is 11.8 Å². The second-order valence-electron chi connectivity index (χ2n) is 6.97. The van der Waals surface area contributed by atoms with Crippen LogP contribution in [0.4, 0.5) is 4.39 Å². The van der Waals surface area contributed by atoms with Gasteiger partial charge in [-0.05, 0) is 46.2 Å². The van der Waals surface area contributed by atoms with E-state index in [2.05, 4.69) is 0 Å². The van der Waals surface area contributed by atoms with E-state index in [1.807, 2.05) is 30.3 Å². The van der Waals surface area contributed by atoms with Crippen molar-refractivity contribution in [2.75, 3.05) is 32.9 Å². The number of carboxylic acid groups (broad SMARTS) is 1. The van der Waals surface area contributed by atoms with Gasteiger partial charge in [-0.25, -0.2) is 9.18 Å². The molecule has 1 saturated heterocycles. The minimum Gasteiger partial charge on any atom is -0.484 e. The average molecular weight is 409 g/mol. The Labute approximate surface area is 172 Å². The monoisotopic (exact) mass is 409 g/mol. The Morgan fingerprint density at radius 1 is 1.07 bits per heavy atom. The van der Waals surface area contributed by atoms with Gasteiger partial charge in [0.2, 0.25) is 0 Å². The number of halogens is 1. The van der Waals surface area contributed by atoms with Crippen LogP contribution in [0.25, 0.3) is 21.9 Å². The van der Waals surface area contributed by atoms with Crippen molar-refractivity contribution in [2.24, 2.45) is 0 Å². The topological polar surface area (TPSA) is 76.1 Å². The van der Waals surface area contributed by atoms with Gasteiger partial charge in [-0.1, -0.05) is 30.3 Å². The summed E-state index contributed by atoms with van der Waals surface area (Å²) in [4.78, 5) is 25.2. The highest BCUT2D eigenvalue weighted by Crippen LogP contribution is 2.34. The molecule has 1 N–H and O–H groups in total. The molecular formula is C23H20FNO5. The van der Waals surface area contributed by atoms with Crippen LogP contribution in [0.2, 0.25) is 0 Å². The summed E-state index contributed by atoms with van der Waals surface area (Å²) in [7, 11) is 0. The first-order valence-electron chi connectivity index (χ1n) is 9.57. The summed E-state index contributed by atoms with van der Waals surface area (Å²) >= 11 is 0. The molecule has 6 nitrogen and oxygen atoms in total. The van der Waals surface area contributed by atoms with Crippen LogP contribution in [0.5, 0.6) is 5.75 Å². The van der Waals surface area contributed by atoms with Gasteiger partial charge in [0.1, 0.15) is 11.6 Å². The third-order valence-corrected chi connectivity index (χ3v) is 5.07. The number of carboxylic acids is 1. The van der Waals surface area contributed by atoms with Crippen molar-refractivity contribution in [1.29, 1.82) is 0 Å². The molecule has 4 rings (SSSR count). The predicted octanol–water partition coefficient (Wildman–Crippen LogP) is 3.58. The zero-order valence-electron chi connectivity index (χ0n) is 16.1. The van der Waals surface area contributed by atoms with Crippen LogP contribution < -0.4 is 4.74 Å². The van der Waals surface area contributed by atoms with Gasteiger partial charge in [0, 0.05) is 13.1 Å². The number of aromatic carboxylic acids is 1. The van der Waals surface area contributed by atoms with Gasteiger partial charge in [-0.3, -0.25) is 4.79 Å². The number of morpholine rings is 1. The molecule has 1 aliphatic rings. The number of carbonyl (C=O) groups is 2. The molecule has 0 bridgehead atoms. The number of rotatable bonds is 5. The van der Waals surface area contributed by atoms with Crippen molar-refractivity contribution in [1.82, 2.24) is 4.90 Å². The maximum Gasteiger partial charge on any atom is 0.338 e. The molecule has 0 unspecified atom stereocenters. The van der Waals surface area contributed by atoms with E-state index in [0.717, 1.165) is 10.8 Å². The lowest BCUT2D eigenvalue weighted by Crippen LogP contribution is -2.42. The smallest absolute Gasteiger partial charge is 0.338 e. The highest BCUT2D eigenvalue weighted by atomic mass is 19.1. The number of amides is 1. The fourth-order valence-electron chi connectivity index (χ4n) is 3.51. The molecule has 0 aromatic heterocycles. The van der Waals surface area contributed by atoms with Gasteiger partial charge < -0.3 is 19.5 Å². The van der Waals surface area contributed by atoms with Crippen LogP contribution in [0.1, 0.15) is 10.4 Å². The lowest BCUT2D eigenvalue weighted by molar-refractivity contribution is -0.137. The number of nitrogens with zero attached hydrogens (tertiary/aromatic N) is 1. The molecule has 0 spiro atoms. The summed E-state index contributed by atoms with van der Waals surface area (Å²) < 4.78 is 25.3. The molecule has 154 valence electrons. The zero-order chi connectivity index (χ0) is 21.1. The molecule has 1 heterocycles. The second-order valence-corrected chi connectivity index (χ2v) is 6.97. The van der Waals surface area contributed by atoms with Gasteiger partial charge in [0.05, 0.1) is 18.8 Å².